The third-order valence-corrected chi connectivity index (χ3v) is 10.1. The van der Waals surface area contributed by atoms with Gasteiger partial charge in [-0.15, -0.1) is 0 Å². The summed E-state index contributed by atoms with van der Waals surface area (Å²) >= 11 is 0. The SMILES string of the molecule is CC1=C(C)CC(CNCc2cc(N(C)C)c3c(c2O)C(=O)C2C(=O)[C@]4(O)C(=O)C(C(N)=O)C(=O)[C@@H](C(C)C)[C@@H]4C[C@@H]2C3)=C1. The molecular formula is C33H41N3O7. The van der Waals surface area contributed by atoms with Gasteiger partial charge in [-0.05, 0) is 56.6 Å². The van der Waals surface area contributed by atoms with Crippen molar-refractivity contribution in [1.82, 2.24) is 5.32 Å². The number of carbonyl (C=O) groups excluding carboxylic acids is 5. The topological polar surface area (TPSA) is 167 Å². The number of amides is 1. The predicted molar refractivity (Wildman–Crippen MR) is 159 cm³/mol. The van der Waals surface area contributed by atoms with Crippen LogP contribution in [0.15, 0.2) is 28.9 Å². The molecule has 4 aliphatic rings. The van der Waals surface area contributed by atoms with Crippen molar-refractivity contribution in [3.63, 3.8) is 0 Å². The van der Waals surface area contributed by atoms with Gasteiger partial charge in [-0.25, -0.2) is 0 Å². The van der Waals surface area contributed by atoms with Crippen molar-refractivity contribution in [2.75, 3.05) is 25.5 Å². The van der Waals surface area contributed by atoms with E-state index in [2.05, 4.69) is 25.2 Å². The number of allylic oxidation sites excluding steroid dienone is 3. The number of hydrogen-bond donors (Lipinski definition) is 4. The second-order valence-corrected chi connectivity index (χ2v) is 13.3. The van der Waals surface area contributed by atoms with Crippen molar-refractivity contribution < 1.29 is 34.2 Å². The Morgan fingerprint density at radius 2 is 1.81 bits per heavy atom. The van der Waals surface area contributed by atoms with Crippen molar-refractivity contribution in [1.29, 1.82) is 0 Å². The Hall–Kier alpha value is -3.63. The molecular weight excluding hydrogens is 550 g/mol. The summed E-state index contributed by atoms with van der Waals surface area (Å²) in [6.07, 6.45) is 3.32. The van der Waals surface area contributed by atoms with Gasteiger partial charge in [0.25, 0.3) is 0 Å². The van der Waals surface area contributed by atoms with Crippen LogP contribution in [0.1, 0.15) is 62.0 Å². The zero-order valence-corrected chi connectivity index (χ0v) is 25.6. The first-order chi connectivity index (χ1) is 20.1. The number of rotatable bonds is 7. The van der Waals surface area contributed by atoms with Crippen LogP contribution in [-0.2, 0) is 32.1 Å². The third kappa shape index (κ3) is 4.66. The summed E-state index contributed by atoms with van der Waals surface area (Å²) in [7, 11) is 3.67. The molecule has 0 bridgehead atoms. The molecule has 2 fully saturated rings. The molecule has 0 radical (unpaired) electrons. The van der Waals surface area contributed by atoms with Crippen LogP contribution in [0.25, 0.3) is 0 Å². The largest absolute Gasteiger partial charge is 0.507 e. The highest BCUT2D eigenvalue weighted by Gasteiger charge is 2.69. The molecule has 0 heterocycles. The zero-order valence-electron chi connectivity index (χ0n) is 25.6. The van der Waals surface area contributed by atoms with Crippen LogP contribution in [0.5, 0.6) is 5.75 Å². The van der Waals surface area contributed by atoms with E-state index in [9.17, 15) is 34.2 Å². The molecule has 230 valence electrons. The number of phenolic OH excluding ortho intramolecular Hbond substituents is 1. The molecule has 0 aromatic heterocycles. The Morgan fingerprint density at radius 3 is 2.37 bits per heavy atom. The van der Waals surface area contributed by atoms with Gasteiger partial charge in [0.1, 0.15) is 5.75 Å². The molecule has 10 heteroatoms. The predicted octanol–water partition coefficient (Wildman–Crippen LogP) is 2.03. The van der Waals surface area contributed by atoms with E-state index in [1.165, 1.54) is 16.7 Å². The van der Waals surface area contributed by atoms with E-state index in [1.54, 1.807) is 13.8 Å². The molecule has 2 saturated carbocycles. The van der Waals surface area contributed by atoms with Crippen LogP contribution < -0.4 is 16.0 Å². The number of hydrogen-bond acceptors (Lipinski definition) is 9. The number of benzene rings is 1. The van der Waals surface area contributed by atoms with Gasteiger partial charge in [0.05, 0.1) is 11.5 Å². The molecule has 0 aliphatic heterocycles. The van der Waals surface area contributed by atoms with Gasteiger partial charge in [-0.1, -0.05) is 36.6 Å². The summed E-state index contributed by atoms with van der Waals surface area (Å²) in [6, 6.07) is 1.84. The normalized spacial score (nSPS) is 30.3. The van der Waals surface area contributed by atoms with Crippen LogP contribution in [0.2, 0.25) is 0 Å². The molecule has 1 aromatic rings. The summed E-state index contributed by atoms with van der Waals surface area (Å²) in [5, 5.41) is 26.6. The number of aliphatic hydroxyl groups is 1. The number of Topliss-reactive ketones (excluding diaryl/α,β-unsaturated/α-hetero) is 4. The average Bonchev–Trinajstić information content (AvgIpc) is 3.23. The maximum absolute atomic E-state index is 14.2. The lowest BCUT2D eigenvalue weighted by Gasteiger charge is -2.52. The lowest BCUT2D eigenvalue weighted by Crippen LogP contribution is -2.71. The highest BCUT2D eigenvalue weighted by Crippen LogP contribution is 2.54. The van der Waals surface area contributed by atoms with Crippen molar-refractivity contribution in [3.8, 4) is 5.75 Å². The minimum atomic E-state index is -2.70. The maximum Gasteiger partial charge on any atom is 0.235 e. The Balaban J connectivity index is 1.53. The molecule has 5 N–H and O–H groups in total. The minimum Gasteiger partial charge on any atom is -0.507 e. The quantitative estimate of drug-likeness (QED) is 0.347. The van der Waals surface area contributed by atoms with Crippen LogP contribution in [0.3, 0.4) is 0 Å². The number of nitrogens with one attached hydrogen (secondary N) is 1. The maximum atomic E-state index is 14.2. The van der Waals surface area contributed by atoms with Gasteiger partial charge < -0.3 is 26.2 Å². The number of fused-ring (bicyclic) bond motifs is 3. The van der Waals surface area contributed by atoms with Crippen molar-refractivity contribution in [2.24, 2.45) is 41.2 Å². The zero-order chi connectivity index (χ0) is 31.7. The number of nitrogens with two attached hydrogens (primary N) is 1. The second kappa shape index (κ2) is 10.8. The summed E-state index contributed by atoms with van der Waals surface area (Å²) in [5.41, 5.74) is 8.31. The summed E-state index contributed by atoms with van der Waals surface area (Å²) in [6.45, 7) is 8.50. The molecule has 6 atom stereocenters. The monoisotopic (exact) mass is 591 g/mol. The molecule has 4 aliphatic carbocycles. The lowest BCUT2D eigenvalue weighted by molar-refractivity contribution is -0.182. The number of primary amides is 1. The molecule has 0 saturated heterocycles. The van der Waals surface area contributed by atoms with Crippen LogP contribution in [0.4, 0.5) is 5.69 Å². The van der Waals surface area contributed by atoms with Crippen LogP contribution in [-0.4, -0.2) is 65.5 Å². The number of carbonyl (C=O) groups is 5. The molecule has 5 rings (SSSR count). The smallest absolute Gasteiger partial charge is 0.235 e. The molecule has 0 spiro atoms. The van der Waals surface area contributed by atoms with E-state index >= 15 is 0 Å². The first kappa shape index (κ1) is 30.8. The Labute approximate surface area is 251 Å². The first-order valence-electron chi connectivity index (χ1n) is 14.9. The Kier molecular flexibility index (Phi) is 7.75. The fourth-order valence-electron chi connectivity index (χ4n) is 7.92. The van der Waals surface area contributed by atoms with E-state index in [0.717, 1.165) is 12.1 Å². The molecule has 1 amide bonds. The van der Waals surface area contributed by atoms with Gasteiger partial charge in [-0.2, -0.15) is 0 Å². The standard InChI is InChI=1S/C33H41N3O7/c1-14(2)23-21-10-18-9-20-22(36(5)6)11-19(13-35-12-17-7-15(3)16(4)8-17)27(37)25(20)29(39)24(18)30(40)33(21,43)31(41)26(28(23)38)32(34)42/h7,11,14,18,21,23-24,26,35,37,43H,8-10,12-13H2,1-6H3,(H2,34,42)/t18-,21-,23-,24?,26?,33-/m0/s1. The van der Waals surface area contributed by atoms with Crippen LogP contribution >= 0.6 is 0 Å². The number of nitrogens with zero attached hydrogens (tertiary/aromatic N) is 1. The molecule has 10 nitrogen and oxygen atoms in total. The van der Waals surface area contributed by atoms with Gasteiger partial charge in [0.2, 0.25) is 5.91 Å². The fourth-order valence-corrected chi connectivity index (χ4v) is 7.92. The van der Waals surface area contributed by atoms with Crippen molar-refractivity contribution in [2.45, 2.75) is 59.1 Å². The van der Waals surface area contributed by atoms with E-state index in [0.29, 0.717) is 17.7 Å². The molecule has 1 aromatic carbocycles. The number of ketones is 4. The summed E-state index contributed by atoms with van der Waals surface area (Å²) in [5.74, 6) is -11.5. The van der Waals surface area contributed by atoms with Gasteiger partial charge >= 0.3 is 0 Å². The van der Waals surface area contributed by atoms with E-state index in [1.807, 2.05) is 25.1 Å². The lowest BCUT2D eigenvalue weighted by atomic mass is 9.49. The van der Waals surface area contributed by atoms with Gasteiger partial charge in [0, 0.05) is 50.3 Å². The summed E-state index contributed by atoms with van der Waals surface area (Å²) < 4.78 is 0. The minimum absolute atomic E-state index is 0.0132. The highest BCUT2D eigenvalue weighted by atomic mass is 16.3. The Morgan fingerprint density at radius 1 is 1.14 bits per heavy atom. The highest BCUT2D eigenvalue weighted by molar-refractivity contribution is 6.32. The van der Waals surface area contributed by atoms with Crippen molar-refractivity contribution in [3.05, 3.63) is 45.6 Å². The van der Waals surface area contributed by atoms with Gasteiger partial charge in [-0.3, -0.25) is 24.0 Å². The second-order valence-electron chi connectivity index (χ2n) is 13.3. The van der Waals surface area contributed by atoms with Crippen LogP contribution in [0, 0.1) is 35.5 Å². The van der Waals surface area contributed by atoms with Crippen molar-refractivity contribution >= 4 is 34.7 Å². The number of phenols is 1. The van der Waals surface area contributed by atoms with Gasteiger partial charge in [0.15, 0.2) is 34.7 Å². The molecule has 2 unspecified atom stereocenters. The molecule has 43 heavy (non-hydrogen) atoms. The van der Waals surface area contributed by atoms with E-state index in [4.69, 9.17) is 5.73 Å². The average molecular weight is 592 g/mol. The number of aromatic hydroxyl groups is 1. The Bertz CT molecular complexity index is 1520. The van der Waals surface area contributed by atoms with E-state index in [-0.39, 0.29) is 30.7 Å². The number of anilines is 1. The third-order valence-electron chi connectivity index (χ3n) is 10.1. The summed E-state index contributed by atoms with van der Waals surface area (Å²) in [4.78, 5) is 69.1. The first-order valence-corrected chi connectivity index (χ1v) is 14.9. The van der Waals surface area contributed by atoms with E-state index < -0.39 is 70.1 Å². The fraction of sp³-hybridized carbons (Fsp3) is 0.545.